The van der Waals surface area contributed by atoms with Crippen molar-refractivity contribution in [2.75, 3.05) is 5.43 Å². The first-order valence-corrected chi connectivity index (χ1v) is 9.62. The van der Waals surface area contributed by atoms with Crippen molar-refractivity contribution in [3.63, 3.8) is 0 Å². The summed E-state index contributed by atoms with van der Waals surface area (Å²) in [7, 11) is 0. The molecule has 0 aliphatic heterocycles. The quantitative estimate of drug-likeness (QED) is 0.471. The molecule has 0 bridgehead atoms. The summed E-state index contributed by atoms with van der Waals surface area (Å²) >= 11 is 1.43. The number of hydrogen-bond donors (Lipinski definition) is 1. The predicted octanol–water partition coefficient (Wildman–Crippen LogP) is 5.69. The van der Waals surface area contributed by atoms with Crippen LogP contribution < -0.4 is 5.43 Å². The Morgan fingerprint density at radius 3 is 2.33 bits per heavy atom. The summed E-state index contributed by atoms with van der Waals surface area (Å²) in [5, 5.41) is 16.5. The highest BCUT2D eigenvalue weighted by Gasteiger charge is 2.12. The average Bonchev–Trinajstić information content (AvgIpc) is 3.09. The molecule has 0 aliphatic rings. The Morgan fingerprint density at radius 1 is 1.00 bits per heavy atom. The molecule has 0 saturated heterocycles. The Bertz CT molecular complexity index is 1050. The van der Waals surface area contributed by atoms with E-state index >= 15 is 0 Å². The number of benzene rings is 2. The highest BCUT2D eigenvalue weighted by atomic mass is 32.1. The van der Waals surface area contributed by atoms with Crippen molar-refractivity contribution in [3.8, 4) is 17.3 Å². The van der Waals surface area contributed by atoms with Gasteiger partial charge in [0.15, 0.2) is 10.7 Å². The molecule has 3 aromatic rings. The molecule has 3 rings (SSSR count). The Morgan fingerprint density at radius 2 is 1.70 bits per heavy atom. The second-order valence-corrected chi connectivity index (χ2v) is 7.65. The molecule has 0 unspecified atom stereocenters. The summed E-state index contributed by atoms with van der Waals surface area (Å²) in [6.45, 7) is 10.3. The highest BCUT2D eigenvalue weighted by molar-refractivity contribution is 7.12. The fourth-order valence-electron chi connectivity index (χ4n) is 3.00. The normalized spacial score (nSPS) is 11.3. The second-order valence-electron chi connectivity index (χ2n) is 6.79. The van der Waals surface area contributed by atoms with Crippen LogP contribution in [0.25, 0.3) is 11.3 Å². The first kappa shape index (κ1) is 18.8. The summed E-state index contributed by atoms with van der Waals surface area (Å²) in [4.78, 5) is 4.62. The van der Waals surface area contributed by atoms with E-state index in [1.54, 1.807) is 0 Å². The Labute approximate surface area is 164 Å². The van der Waals surface area contributed by atoms with E-state index in [4.69, 9.17) is 0 Å². The number of nitriles is 1. The molecule has 0 saturated carbocycles. The van der Waals surface area contributed by atoms with Crippen LogP contribution in [0.2, 0.25) is 0 Å². The van der Waals surface area contributed by atoms with Crippen LogP contribution in [0, 0.1) is 45.9 Å². The number of aromatic nitrogens is 1. The van der Waals surface area contributed by atoms with Crippen molar-refractivity contribution < 1.29 is 0 Å². The van der Waals surface area contributed by atoms with Gasteiger partial charge in [-0.05, 0) is 62.9 Å². The molecule has 4 nitrogen and oxygen atoms in total. The lowest BCUT2D eigenvalue weighted by Gasteiger charge is -2.10. The van der Waals surface area contributed by atoms with Gasteiger partial charge in [0.2, 0.25) is 0 Å². The van der Waals surface area contributed by atoms with E-state index in [0.717, 1.165) is 28.1 Å². The van der Waals surface area contributed by atoms with Crippen molar-refractivity contribution in [1.29, 1.82) is 5.26 Å². The molecule has 0 spiro atoms. The van der Waals surface area contributed by atoms with Crippen molar-refractivity contribution in [1.82, 2.24) is 4.98 Å². The first-order valence-electron chi connectivity index (χ1n) is 8.74. The number of nitrogens with one attached hydrogen (secondary N) is 1. The largest absolute Gasteiger partial charge is 0.277 e. The van der Waals surface area contributed by atoms with Gasteiger partial charge >= 0.3 is 0 Å². The Balaban J connectivity index is 1.89. The van der Waals surface area contributed by atoms with E-state index < -0.39 is 0 Å². The summed E-state index contributed by atoms with van der Waals surface area (Å²) in [5.41, 5.74) is 12.1. The van der Waals surface area contributed by atoms with Crippen molar-refractivity contribution in [2.24, 2.45) is 5.10 Å². The van der Waals surface area contributed by atoms with Gasteiger partial charge in [0.1, 0.15) is 6.07 Å². The lowest BCUT2D eigenvalue weighted by Crippen LogP contribution is -2.03. The minimum Gasteiger partial charge on any atom is -0.277 e. The van der Waals surface area contributed by atoms with Crippen LogP contribution in [0.1, 0.15) is 32.8 Å². The Hall–Kier alpha value is -2.97. The van der Waals surface area contributed by atoms with E-state index in [1.165, 1.54) is 28.0 Å². The summed E-state index contributed by atoms with van der Waals surface area (Å²) in [5.74, 6) is 0. The van der Waals surface area contributed by atoms with Gasteiger partial charge in [-0.3, -0.25) is 5.43 Å². The molecule has 136 valence electrons. The van der Waals surface area contributed by atoms with E-state index in [-0.39, 0.29) is 5.71 Å². The summed E-state index contributed by atoms with van der Waals surface area (Å²) in [6, 6.07) is 12.6. The zero-order chi connectivity index (χ0) is 19.6. The molecule has 0 atom stereocenters. The number of rotatable bonds is 4. The van der Waals surface area contributed by atoms with Crippen LogP contribution in [-0.2, 0) is 0 Å². The lowest BCUT2D eigenvalue weighted by molar-refractivity contribution is 1.24. The second kappa shape index (κ2) is 7.73. The third-order valence-corrected chi connectivity index (χ3v) is 5.42. The molecule has 1 heterocycles. The number of thiazole rings is 1. The molecule has 5 heteroatoms. The standard InChI is InChI=1S/C22H22N4S/c1-13-8-16(4)21(17(5)9-13)26-25-19(11-23)22-24-20(12-27-22)18-7-6-14(2)15(3)10-18/h6-10,12,26H,1-5H3/b25-19+. The highest BCUT2D eigenvalue weighted by Crippen LogP contribution is 2.25. The van der Waals surface area contributed by atoms with Gasteiger partial charge in [0.05, 0.1) is 11.4 Å². The van der Waals surface area contributed by atoms with Crippen LogP contribution in [0.15, 0.2) is 40.8 Å². The zero-order valence-corrected chi connectivity index (χ0v) is 17.0. The predicted molar refractivity (Wildman–Crippen MR) is 113 cm³/mol. The maximum atomic E-state index is 9.55. The van der Waals surface area contributed by atoms with Crippen molar-refractivity contribution in [2.45, 2.75) is 34.6 Å². The topological polar surface area (TPSA) is 61.1 Å². The minimum atomic E-state index is 0.287. The number of hydrogen-bond acceptors (Lipinski definition) is 5. The molecular weight excluding hydrogens is 352 g/mol. The van der Waals surface area contributed by atoms with Gasteiger partial charge in [-0.25, -0.2) is 4.98 Å². The molecule has 0 aliphatic carbocycles. The first-order chi connectivity index (χ1) is 12.9. The number of hydrazone groups is 1. The third kappa shape index (κ3) is 4.07. The number of anilines is 1. The van der Waals surface area contributed by atoms with Crippen LogP contribution in [0.5, 0.6) is 0 Å². The Kier molecular flexibility index (Phi) is 5.38. The molecule has 0 radical (unpaired) electrons. The van der Waals surface area contributed by atoms with E-state index in [2.05, 4.69) is 72.7 Å². The van der Waals surface area contributed by atoms with E-state index in [1.807, 2.05) is 19.2 Å². The SMILES string of the molecule is Cc1cc(C)c(N/N=C(\C#N)c2nc(-c3ccc(C)c(C)c3)cs2)c(C)c1. The fourth-order valence-corrected chi connectivity index (χ4v) is 3.77. The summed E-state index contributed by atoms with van der Waals surface area (Å²) < 4.78 is 0. The maximum Gasteiger partial charge on any atom is 0.196 e. The average molecular weight is 375 g/mol. The molecular formula is C22H22N4S. The monoisotopic (exact) mass is 374 g/mol. The van der Waals surface area contributed by atoms with Gasteiger partial charge in [-0.2, -0.15) is 10.4 Å². The van der Waals surface area contributed by atoms with Crippen LogP contribution in [0.3, 0.4) is 0 Å². The number of aryl methyl sites for hydroxylation is 5. The van der Waals surface area contributed by atoms with Gasteiger partial charge < -0.3 is 0 Å². The molecule has 1 aromatic heterocycles. The smallest absolute Gasteiger partial charge is 0.196 e. The summed E-state index contributed by atoms with van der Waals surface area (Å²) in [6.07, 6.45) is 0. The molecule has 0 fully saturated rings. The fraction of sp³-hybridized carbons (Fsp3) is 0.227. The van der Waals surface area contributed by atoms with Crippen molar-refractivity contribution in [3.05, 3.63) is 68.5 Å². The minimum absolute atomic E-state index is 0.287. The molecule has 0 amide bonds. The van der Waals surface area contributed by atoms with Gasteiger partial charge in [-0.15, -0.1) is 11.3 Å². The number of nitrogens with zero attached hydrogens (tertiary/aromatic N) is 3. The van der Waals surface area contributed by atoms with Crippen molar-refractivity contribution >= 4 is 22.7 Å². The van der Waals surface area contributed by atoms with Crippen LogP contribution in [0.4, 0.5) is 5.69 Å². The third-order valence-electron chi connectivity index (χ3n) is 4.57. The van der Waals surface area contributed by atoms with Crippen LogP contribution >= 0.6 is 11.3 Å². The maximum absolute atomic E-state index is 9.55. The van der Waals surface area contributed by atoms with Gasteiger partial charge in [0, 0.05) is 10.9 Å². The molecule has 2 aromatic carbocycles. The van der Waals surface area contributed by atoms with E-state index in [0.29, 0.717) is 5.01 Å². The van der Waals surface area contributed by atoms with Gasteiger partial charge in [0.25, 0.3) is 0 Å². The molecule has 27 heavy (non-hydrogen) atoms. The van der Waals surface area contributed by atoms with Gasteiger partial charge in [-0.1, -0.05) is 29.8 Å². The lowest BCUT2D eigenvalue weighted by atomic mass is 10.1. The molecule has 1 N–H and O–H groups in total. The van der Waals surface area contributed by atoms with Crippen LogP contribution in [-0.4, -0.2) is 10.7 Å². The van der Waals surface area contributed by atoms with E-state index in [9.17, 15) is 5.26 Å². The zero-order valence-electron chi connectivity index (χ0n) is 16.2.